The second-order valence-electron chi connectivity index (χ2n) is 2.48. The van der Waals surface area contributed by atoms with E-state index < -0.39 is 5.97 Å². The lowest BCUT2D eigenvalue weighted by atomic mass is 10.3. The quantitative estimate of drug-likeness (QED) is 0.460. The highest BCUT2D eigenvalue weighted by Crippen LogP contribution is 2.09. The van der Waals surface area contributed by atoms with Crippen molar-refractivity contribution in [2.24, 2.45) is 0 Å². The summed E-state index contributed by atoms with van der Waals surface area (Å²) in [5.74, 6) is -0.927. The molecule has 0 amide bonds. The summed E-state index contributed by atoms with van der Waals surface area (Å²) in [5, 5.41) is 8.35. The maximum atomic E-state index is 10.2. The first kappa shape index (κ1) is 9.94. The molecular weight excluding hydrogens is 273 g/mol. The second-order valence-corrected chi connectivity index (χ2v) is 3.84. The molecular formula is C7H10INO3. The maximum absolute atomic E-state index is 10.2. The van der Waals surface area contributed by atoms with E-state index in [1.54, 1.807) is 6.08 Å². The number of hydrogen-bond acceptors (Lipinski definition) is 3. The molecule has 1 rings (SSSR count). The highest BCUT2D eigenvalue weighted by atomic mass is 127. The first-order chi connectivity index (χ1) is 5.68. The minimum absolute atomic E-state index is 0.0771. The van der Waals surface area contributed by atoms with Crippen molar-refractivity contribution in [1.29, 1.82) is 0 Å². The molecule has 0 bridgehead atoms. The number of ether oxygens (including phenoxy) is 1. The van der Waals surface area contributed by atoms with Crippen LogP contribution in [0.2, 0.25) is 0 Å². The monoisotopic (exact) mass is 283 g/mol. The van der Waals surface area contributed by atoms with E-state index in [1.165, 1.54) is 0 Å². The lowest BCUT2D eigenvalue weighted by Crippen LogP contribution is -2.35. The van der Waals surface area contributed by atoms with Crippen LogP contribution in [0.4, 0.5) is 0 Å². The van der Waals surface area contributed by atoms with Gasteiger partial charge in [-0.3, -0.25) is 0 Å². The molecule has 1 N–H and O–H groups in total. The normalized spacial score (nSPS) is 26.2. The van der Waals surface area contributed by atoms with Crippen molar-refractivity contribution < 1.29 is 14.6 Å². The summed E-state index contributed by atoms with van der Waals surface area (Å²) in [6, 6.07) is 0. The molecule has 0 aromatic heterocycles. The van der Waals surface area contributed by atoms with Gasteiger partial charge in [0.2, 0.25) is 0 Å². The Morgan fingerprint density at radius 3 is 3.08 bits per heavy atom. The molecule has 1 atom stereocenters. The summed E-state index contributed by atoms with van der Waals surface area (Å²) in [7, 11) is 0. The topological polar surface area (TPSA) is 49.8 Å². The first-order valence-corrected chi connectivity index (χ1v) is 4.58. The Hall–Kier alpha value is -0.140. The smallest absolute Gasteiger partial charge is 0.328 e. The van der Waals surface area contributed by atoms with Crippen LogP contribution in [0.3, 0.4) is 0 Å². The van der Waals surface area contributed by atoms with E-state index in [-0.39, 0.29) is 6.10 Å². The molecule has 12 heavy (non-hydrogen) atoms. The molecule has 0 saturated carbocycles. The molecule has 4 nitrogen and oxygen atoms in total. The molecule has 0 spiro atoms. The predicted molar refractivity (Wildman–Crippen MR) is 52.1 cm³/mol. The SMILES string of the molecule is O=C(O)/C=C/[C@@H]1CN(I)CCO1. The van der Waals surface area contributed by atoms with Crippen LogP contribution in [0, 0.1) is 0 Å². The van der Waals surface area contributed by atoms with Gasteiger partial charge < -0.3 is 9.84 Å². The maximum Gasteiger partial charge on any atom is 0.328 e. The van der Waals surface area contributed by atoms with Crippen LogP contribution >= 0.6 is 22.9 Å². The standard InChI is InChI=1S/C7H10INO3/c8-9-3-4-12-6(5-9)1-2-7(10)11/h1-2,6H,3-5H2,(H,10,11)/b2-1+/t6-/m1/s1. The number of carboxylic acids is 1. The zero-order valence-electron chi connectivity index (χ0n) is 6.44. The average Bonchev–Trinajstić information content (AvgIpc) is 2.01. The van der Waals surface area contributed by atoms with Gasteiger partial charge in [-0.15, -0.1) is 0 Å². The molecule has 1 aliphatic rings. The van der Waals surface area contributed by atoms with Crippen molar-refractivity contribution in [2.45, 2.75) is 6.10 Å². The summed E-state index contributed by atoms with van der Waals surface area (Å²) in [4.78, 5) is 10.2. The molecule has 1 aliphatic heterocycles. The van der Waals surface area contributed by atoms with Crippen LogP contribution in [-0.4, -0.2) is 40.0 Å². The summed E-state index contributed by atoms with van der Waals surface area (Å²) in [6.07, 6.45) is 2.62. The molecule has 0 unspecified atom stereocenters. The number of aliphatic carboxylic acids is 1. The lowest BCUT2D eigenvalue weighted by Gasteiger charge is -2.26. The molecule has 0 aliphatic carbocycles. The van der Waals surface area contributed by atoms with Crippen LogP contribution in [0.5, 0.6) is 0 Å². The van der Waals surface area contributed by atoms with Gasteiger partial charge in [0.05, 0.1) is 12.7 Å². The Morgan fingerprint density at radius 2 is 2.50 bits per heavy atom. The highest BCUT2D eigenvalue weighted by molar-refractivity contribution is 14.1. The molecule has 0 aromatic carbocycles. The summed E-state index contributed by atoms with van der Waals surface area (Å²) >= 11 is 2.20. The van der Waals surface area contributed by atoms with Gasteiger partial charge in [-0.1, -0.05) is 0 Å². The van der Waals surface area contributed by atoms with Crippen molar-refractivity contribution in [3.8, 4) is 0 Å². The predicted octanol–water partition coefficient (Wildman–Crippen LogP) is 0.678. The van der Waals surface area contributed by atoms with E-state index in [0.29, 0.717) is 6.61 Å². The zero-order valence-corrected chi connectivity index (χ0v) is 8.60. The van der Waals surface area contributed by atoms with Crippen LogP contribution in [0.1, 0.15) is 0 Å². The van der Waals surface area contributed by atoms with Gasteiger partial charge in [-0.2, -0.15) is 0 Å². The van der Waals surface area contributed by atoms with Gasteiger partial charge in [0, 0.05) is 42.0 Å². The minimum atomic E-state index is -0.927. The third kappa shape index (κ3) is 3.51. The molecule has 0 radical (unpaired) electrons. The third-order valence-corrected chi connectivity index (χ3v) is 2.37. The van der Waals surface area contributed by atoms with E-state index in [9.17, 15) is 4.79 Å². The fraction of sp³-hybridized carbons (Fsp3) is 0.571. The van der Waals surface area contributed by atoms with Crippen molar-refractivity contribution >= 4 is 28.8 Å². The van der Waals surface area contributed by atoms with E-state index in [4.69, 9.17) is 9.84 Å². The summed E-state index contributed by atoms with van der Waals surface area (Å²) in [6.45, 7) is 2.32. The Balaban J connectivity index is 2.36. The summed E-state index contributed by atoms with van der Waals surface area (Å²) < 4.78 is 7.38. The first-order valence-electron chi connectivity index (χ1n) is 3.62. The van der Waals surface area contributed by atoms with E-state index >= 15 is 0 Å². The fourth-order valence-electron chi connectivity index (χ4n) is 0.948. The summed E-state index contributed by atoms with van der Waals surface area (Å²) in [5.41, 5.74) is 0. The Kier molecular flexibility index (Phi) is 3.96. The van der Waals surface area contributed by atoms with Crippen LogP contribution in [0.15, 0.2) is 12.2 Å². The number of morpholine rings is 1. The van der Waals surface area contributed by atoms with Crippen molar-refractivity contribution in [1.82, 2.24) is 3.11 Å². The number of halogens is 1. The van der Waals surface area contributed by atoms with Crippen molar-refractivity contribution in [2.75, 3.05) is 19.7 Å². The lowest BCUT2D eigenvalue weighted by molar-refractivity contribution is -0.131. The molecule has 1 fully saturated rings. The van der Waals surface area contributed by atoms with Gasteiger partial charge >= 0.3 is 5.97 Å². The van der Waals surface area contributed by atoms with Crippen LogP contribution < -0.4 is 0 Å². The molecule has 1 heterocycles. The van der Waals surface area contributed by atoms with E-state index in [0.717, 1.165) is 19.2 Å². The number of nitrogens with zero attached hydrogens (tertiary/aromatic N) is 1. The highest BCUT2D eigenvalue weighted by Gasteiger charge is 2.15. The van der Waals surface area contributed by atoms with Gasteiger partial charge in [0.25, 0.3) is 0 Å². The third-order valence-electron chi connectivity index (χ3n) is 1.50. The van der Waals surface area contributed by atoms with Gasteiger partial charge in [-0.05, 0) is 6.08 Å². The largest absolute Gasteiger partial charge is 0.478 e. The molecule has 68 valence electrons. The zero-order chi connectivity index (χ0) is 8.97. The van der Waals surface area contributed by atoms with Gasteiger partial charge in [0.1, 0.15) is 0 Å². The van der Waals surface area contributed by atoms with E-state index in [2.05, 4.69) is 26.0 Å². The minimum Gasteiger partial charge on any atom is -0.478 e. The van der Waals surface area contributed by atoms with Crippen LogP contribution in [0.25, 0.3) is 0 Å². The molecule has 1 saturated heterocycles. The van der Waals surface area contributed by atoms with E-state index in [1.807, 2.05) is 0 Å². The average molecular weight is 283 g/mol. The van der Waals surface area contributed by atoms with Crippen molar-refractivity contribution in [3.05, 3.63) is 12.2 Å². The number of hydrogen-bond donors (Lipinski definition) is 1. The Bertz CT molecular complexity index is 195. The number of carbonyl (C=O) groups is 1. The van der Waals surface area contributed by atoms with Crippen LogP contribution in [-0.2, 0) is 9.53 Å². The molecule has 5 heteroatoms. The second kappa shape index (κ2) is 4.78. The Labute approximate surface area is 84.7 Å². The van der Waals surface area contributed by atoms with Crippen molar-refractivity contribution in [3.63, 3.8) is 0 Å². The number of carboxylic acid groups (broad SMARTS) is 1. The fourth-order valence-corrected chi connectivity index (χ4v) is 1.53. The Morgan fingerprint density at radius 1 is 1.75 bits per heavy atom. The number of rotatable bonds is 2. The van der Waals surface area contributed by atoms with Gasteiger partial charge in [0.15, 0.2) is 0 Å². The molecule has 0 aromatic rings. The van der Waals surface area contributed by atoms with Gasteiger partial charge in [-0.25, -0.2) is 7.91 Å².